The summed E-state index contributed by atoms with van der Waals surface area (Å²) in [6.07, 6.45) is 6.64. The van der Waals surface area contributed by atoms with Gasteiger partial charge in [-0.05, 0) is 27.2 Å². The summed E-state index contributed by atoms with van der Waals surface area (Å²) in [5.74, 6) is 0.848. The molecule has 23 heavy (non-hydrogen) atoms. The Hall–Kier alpha value is -2.31. The van der Waals surface area contributed by atoms with Gasteiger partial charge in [-0.15, -0.1) is 0 Å². The lowest BCUT2D eigenvalue weighted by Crippen LogP contribution is -2.38. The van der Waals surface area contributed by atoms with Crippen molar-refractivity contribution in [2.24, 2.45) is 12.0 Å². The Bertz CT molecular complexity index is 625. The number of rotatable bonds is 7. The van der Waals surface area contributed by atoms with E-state index in [2.05, 4.69) is 44.1 Å². The van der Waals surface area contributed by atoms with E-state index in [1.54, 1.807) is 6.20 Å². The molecule has 0 aliphatic carbocycles. The van der Waals surface area contributed by atoms with Gasteiger partial charge in [-0.2, -0.15) is 5.10 Å². The topological polar surface area (TPSA) is 72.1 Å². The molecule has 0 atom stereocenters. The second kappa shape index (κ2) is 8.36. The van der Waals surface area contributed by atoms with Gasteiger partial charge in [0.1, 0.15) is 0 Å². The fraction of sp³-hybridized carbons (Fsp3) is 0.562. The van der Waals surface area contributed by atoms with E-state index in [1.807, 2.05) is 31.2 Å². The molecule has 2 rings (SSSR count). The van der Waals surface area contributed by atoms with Crippen molar-refractivity contribution in [2.75, 3.05) is 13.1 Å². The van der Waals surface area contributed by atoms with Crippen molar-refractivity contribution >= 4 is 5.96 Å². The van der Waals surface area contributed by atoms with Gasteiger partial charge in [0.05, 0.1) is 18.6 Å². The summed E-state index contributed by atoms with van der Waals surface area (Å²) < 4.78 is 3.99. The van der Waals surface area contributed by atoms with Crippen molar-refractivity contribution in [1.82, 2.24) is 30.0 Å². The SMILES string of the molecule is CCNC(=NCc1c(C)nn(C)c1C)NCCCn1ccnc1. The van der Waals surface area contributed by atoms with Gasteiger partial charge in [0.25, 0.3) is 0 Å². The molecule has 0 aliphatic rings. The molecule has 2 heterocycles. The molecule has 0 saturated carbocycles. The summed E-state index contributed by atoms with van der Waals surface area (Å²) >= 11 is 0. The highest BCUT2D eigenvalue weighted by atomic mass is 15.3. The van der Waals surface area contributed by atoms with Crippen LogP contribution < -0.4 is 10.6 Å². The maximum Gasteiger partial charge on any atom is 0.191 e. The normalized spacial score (nSPS) is 11.7. The molecule has 0 amide bonds. The summed E-state index contributed by atoms with van der Waals surface area (Å²) in [6, 6.07) is 0. The average molecular weight is 317 g/mol. The lowest BCUT2D eigenvalue weighted by atomic mass is 10.2. The minimum Gasteiger partial charge on any atom is -0.357 e. The number of nitrogens with one attached hydrogen (secondary N) is 2. The summed E-state index contributed by atoms with van der Waals surface area (Å²) in [7, 11) is 1.97. The first-order valence-corrected chi connectivity index (χ1v) is 8.08. The molecule has 0 saturated heterocycles. The van der Waals surface area contributed by atoms with Crippen LogP contribution in [0.1, 0.15) is 30.3 Å². The molecule has 0 radical (unpaired) electrons. The summed E-state index contributed by atoms with van der Waals surface area (Å²) in [6.45, 7) is 9.49. The largest absolute Gasteiger partial charge is 0.357 e. The zero-order valence-electron chi connectivity index (χ0n) is 14.5. The number of guanidine groups is 1. The van der Waals surface area contributed by atoms with Crippen molar-refractivity contribution < 1.29 is 0 Å². The predicted molar refractivity (Wildman–Crippen MR) is 92.3 cm³/mol. The van der Waals surface area contributed by atoms with Gasteiger partial charge < -0.3 is 15.2 Å². The van der Waals surface area contributed by atoms with E-state index in [1.165, 1.54) is 11.3 Å². The van der Waals surface area contributed by atoms with Gasteiger partial charge >= 0.3 is 0 Å². The molecule has 2 aromatic heterocycles. The van der Waals surface area contributed by atoms with Crippen molar-refractivity contribution in [3.8, 4) is 0 Å². The van der Waals surface area contributed by atoms with Crippen LogP contribution in [0.3, 0.4) is 0 Å². The van der Waals surface area contributed by atoms with Crippen LogP contribution in [0.15, 0.2) is 23.7 Å². The number of aliphatic imine (C=N–C) groups is 1. The zero-order valence-corrected chi connectivity index (χ0v) is 14.5. The van der Waals surface area contributed by atoms with Gasteiger partial charge in [-0.3, -0.25) is 4.68 Å². The van der Waals surface area contributed by atoms with E-state index in [4.69, 9.17) is 0 Å². The quantitative estimate of drug-likeness (QED) is 0.460. The van der Waals surface area contributed by atoms with Crippen LogP contribution in [0.4, 0.5) is 0 Å². The first-order chi connectivity index (χ1) is 11.1. The van der Waals surface area contributed by atoms with Crippen LogP contribution in [-0.2, 0) is 20.1 Å². The molecular weight excluding hydrogens is 290 g/mol. The zero-order chi connectivity index (χ0) is 16.7. The highest BCUT2D eigenvalue weighted by Crippen LogP contribution is 2.12. The molecule has 2 aromatic rings. The van der Waals surface area contributed by atoms with Crippen LogP contribution in [0.5, 0.6) is 0 Å². The summed E-state index contributed by atoms with van der Waals surface area (Å²) in [5, 5.41) is 11.1. The Kier molecular flexibility index (Phi) is 6.19. The van der Waals surface area contributed by atoms with Gasteiger partial charge in [0.15, 0.2) is 5.96 Å². The smallest absolute Gasteiger partial charge is 0.191 e. The molecule has 0 fully saturated rings. The highest BCUT2D eigenvalue weighted by Gasteiger charge is 2.08. The Morgan fingerprint density at radius 3 is 2.74 bits per heavy atom. The maximum atomic E-state index is 4.68. The van der Waals surface area contributed by atoms with Gasteiger partial charge in [-0.25, -0.2) is 9.98 Å². The van der Waals surface area contributed by atoms with Crippen LogP contribution in [-0.4, -0.2) is 38.4 Å². The monoisotopic (exact) mass is 317 g/mol. The Morgan fingerprint density at radius 1 is 1.30 bits per heavy atom. The third kappa shape index (κ3) is 4.84. The van der Waals surface area contributed by atoms with Crippen LogP contribution in [0, 0.1) is 13.8 Å². The molecular formula is C16H27N7. The van der Waals surface area contributed by atoms with Crippen LogP contribution in [0.25, 0.3) is 0 Å². The third-order valence-electron chi connectivity index (χ3n) is 3.84. The number of imidazole rings is 1. The number of aromatic nitrogens is 4. The minimum absolute atomic E-state index is 0.641. The molecule has 0 aromatic carbocycles. The standard InChI is InChI=1S/C16H27N7/c1-5-18-16(19-7-6-9-23-10-8-17-12-23)20-11-15-13(2)21-22(4)14(15)3/h8,10,12H,5-7,9,11H2,1-4H3,(H2,18,19,20). The predicted octanol–water partition coefficient (Wildman–Crippen LogP) is 1.38. The first-order valence-electron chi connectivity index (χ1n) is 8.08. The molecule has 0 unspecified atom stereocenters. The van der Waals surface area contributed by atoms with E-state index in [0.29, 0.717) is 6.54 Å². The lowest BCUT2D eigenvalue weighted by molar-refractivity contribution is 0.624. The summed E-state index contributed by atoms with van der Waals surface area (Å²) in [5.41, 5.74) is 3.41. The fourth-order valence-electron chi connectivity index (χ4n) is 2.43. The van der Waals surface area contributed by atoms with Crippen molar-refractivity contribution in [3.05, 3.63) is 35.7 Å². The number of aryl methyl sites for hydroxylation is 3. The minimum atomic E-state index is 0.641. The van der Waals surface area contributed by atoms with E-state index in [9.17, 15) is 0 Å². The van der Waals surface area contributed by atoms with Crippen molar-refractivity contribution in [3.63, 3.8) is 0 Å². The molecule has 7 nitrogen and oxygen atoms in total. The molecule has 2 N–H and O–H groups in total. The van der Waals surface area contributed by atoms with Crippen LogP contribution in [0.2, 0.25) is 0 Å². The average Bonchev–Trinajstić information content (AvgIpc) is 3.11. The van der Waals surface area contributed by atoms with Gasteiger partial charge in [0, 0.05) is 50.3 Å². The first kappa shape index (κ1) is 17.1. The maximum absolute atomic E-state index is 4.68. The molecule has 0 bridgehead atoms. The Labute approximate surface area is 137 Å². The second-order valence-corrected chi connectivity index (χ2v) is 5.55. The summed E-state index contributed by atoms with van der Waals surface area (Å²) in [4.78, 5) is 8.72. The van der Waals surface area contributed by atoms with Crippen molar-refractivity contribution in [1.29, 1.82) is 0 Å². The Morgan fingerprint density at radius 2 is 2.13 bits per heavy atom. The van der Waals surface area contributed by atoms with Crippen molar-refractivity contribution in [2.45, 2.75) is 40.3 Å². The third-order valence-corrected chi connectivity index (χ3v) is 3.84. The van der Waals surface area contributed by atoms with E-state index in [0.717, 1.165) is 37.7 Å². The fourth-order valence-corrected chi connectivity index (χ4v) is 2.43. The molecule has 126 valence electrons. The lowest BCUT2D eigenvalue weighted by Gasteiger charge is -2.11. The molecule has 7 heteroatoms. The van der Waals surface area contributed by atoms with Crippen LogP contribution >= 0.6 is 0 Å². The number of nitrogens with zero attached hydrogens (tertiary/aromatic N) is 5. The van der Waals surface area contributed by atoms with E-state index >= 15 is 0 Å². The second-order valence-electron chi connectivity index (χ2n) is 5.55. The molecule has 0 aliphatic heterocycles. The Balaban J connectivity index is 1.86. The van der Waals surface area contributed by atoms with E-state index in [-0.39, 0.29) is 0 Å². The number of hydrogen-bond acceptors (Lipinski definition) is 3. The van der Waals surface area contributed by atoms with E-state index < -0.39 is 0 Å². The number of hydrogen-bond donors (Lipinski definition) is 2. The highest BCUT2D eigenvalue weighted by molar-refractivity contribution is 5.79. The van der Waals surface area contributed by atoms with Gasteiger partial charge in [0.2, 0.25) is 0 Å². The van der Waals surface area contributed by atoms with Gasteiger partial charge in [-0.1, -0.05) is 0 Å². The molecule has 0 spiro atoms.